The molecule has 0 radical (unpaired) electrons. The SMILES string of the molecule is C=C(C)C1CCC2(NCCN3CCS(=O)(=O)CC3)CCC3C(CCC4C3CCC3C(C)(C)C(OC(=O)CC(C)(C)CC(=O)O)CCC43C)C12. The number of rotatable bonds is 10. The van der Waals surface area contributed by atoms with Gasteiger partial charge in [-0.3, -0.25) is 9.59 Å². The molecule has 0 aromatic rings. The van der Waals surface area contributed by atoms with Crippen molar-refractivity contribution in [3.8, 4) is 0 Å². The van der Waals surface area contributed by atoms with Crippen molar-refractivity contribution in [1.29, 1.82) is 0 Å². The second kappa shape index (κ2) is 13.5. The molecular formula is C40H66N2O6S. The van der Waals surface area contributed by atoms with Crippen LogP contribution in [0.5, 0.6) is 0 Å². The maximum absolute atomic E-state index is 13.1. The summed E-state index contributed by atoms with van der Waals surface area (Å²) in [7, 11) is -2.86. The number of sulfone groups is 1. The monoisotopic (exact) mass is 702 g/mol. The van der Waals surface area contributed by atoms with E-state index in [-0.39, 0.29) is 41.3 Å². The summed E-state index contributed by atoms with van der Waals surface area (Å²) in [5.41, 5.74) is 1.02. The van der Waals surface area contributed by atoms with Gasteiger partial charge in [-0.15, -0.1) is 0 Å². The molecule has 0 amide bonds. The number of esters is 1. The fourth-order valence-electron chi connectivity index (χ4n) is 13.2. The summed E-state index contributed by atoms with van der Waals surface area (Å²) in [6.45, 7) is 20.9. The molecule has 1 aliphatic heterocycles. The van der Waals surface area contributed by atoms with Crippen molar-refractivity contribution in [3.05, 3.63) is 12.2 Å². The third kappa shape index (κ3) is 7.17. The number of aliphatic carboxylic acids is 1. The zero-order valence-corrected chi connectivity index (χ0v) is 32.2. The number of nitrogens with one attached hydrogen (secondary N) is 1. The van der Waals surface area contributed by atoms with Crippen LogP contribution >= 0.6 is 0 Å². The molecule has 0 aromatic carbocycles. The van der Waals surface area contributed by atoms with Crippen LogP contribution in [0.15, 0.2) is 12.2 Å². The van der Waals surface area contributed by atoms with Gasteiger partial charge in [0.2, 0.25) is 0 Å². The molecule has 49 heavy (non-hydrogen) atoms. The van der Waals surface area contributed by atoms with Gasteiger partial charge >= 0.3 is 11.9 Å². The van der Waals surface area contributed by atoms with Crippen LogP contribution in [-0.2, 0) is 24.2 Å². The van der Waals surface area contributed by atoms with Gasteiger partial charge in [0.05, 0.1) is 24.3 Å². The highest BCUT2D eigenvalue weighted by molar-refractivity contribution is 7.91. The average molecular weight is 703 g/mol. The van der Waals surface area contributed by atoms with Gasteiger partial charge in [0.15, 0.2) is 9.84 Å². The largest absolute Gasteiger partial charge is 0.481 e. The number of allylic oxidation sites excluding steroid dienone is 1. The molecule has 5 saturated carbocycles. The molecule has 2 N–H and O–H groups in total. The van der Waals surface area contributed by atoms with Crippen LogP contribution < -0.4 is 5.32 Å². The standard InChI is InChI=1S/C40H66N2O6S/c1-26(2)27-12-16-40(41-18-19-42-20-22-49(46,47)23-21-42)17-13-28-29-9-11-32-38(5,6)33(48-35(45)25-37(3,4)24-34(43)44)14-15-39(32,7)31(29)10-8-30(28)36(27)40/h27-33,36,41H,1,8-25H2,2-7H3,(H,43,44). The highest BCUT2D eigenvalue weighted by atomic mass is 32.2. The Kier molecular flexibility index (Phi) is 10.3. The summed E-state index contributed by atoms with van der Waals surface area (Å²) in [6.07, 6.45) is 12.0. The van der Waals surface area contributed by atoms with Crippen molar-refractivity contribution in [2.75, 3.05) is 37.7 Å². The molecule has 0 bridgehead atoms. The van der Waals surface area contributed by atoms with E-state index < -0.39 is 21.2 Å². The number of fused-ring (bicyclic) bond motifs is 7. The number of nitrogens with zero attached hydrogens (tertiary/aromatic N) is 1. The van der Waals surface area contributed by atoms with E-state index in [2.05, 4.69) is 44.5 Å². The summed E-state index contributed by atoms with van der Waals surface area (Å²) in [6, 6.07) is 0. The first-order valence-corrected chi connectivity index (χ1v) is 21.4. The Hall–Kier alpha value is -1.45. The quantitative estimate of drug-likeness (QED) is 0.190. The number of carboxylic acids is 1. The number of carbonyl (C=O) groups excluding carboxylic acids is 1. The van der Waals surface area contributed by atoms with Gasteiger partial charge in [-0.25, -0.2) is 8.42 Å². The number of ether oxygens (including phenoxy) is 1. The first-order valence-electron chi connectivity index (χ1n) is 19.6. The van der Waals surface area contributed by atoms with Gasteiger partial charge in [0, 0.05) is 37.1 Å². The fourth-order valence-corrected chi connectivity index (χ4v) is 14.5. The van der Waals surface area contributed by atoms with Crippen LogP contribution in [0.25, 0.3) is 0 Å². The molecule has 9 heteroatoms. The van der Waals surface area contributed by atoms with Crippen LogP contribution in [0.2, 0.25) is 0 Å². The predicted octanol–water partition coefficient (Wildman–Crippen LogP) is 6.74. The van der Waals surface area contributed by atoms with Gasteiger partial charge in [-0.05, 0) is 123 Å². The Morgan fingerprint density at radius 2 is 1.59 bits per heavy atom. The Bertz CT molecular complexity index is 1380. The van der Waals surface area contributed by atoms with Crippen LogP contribution in [0, 0.1) is 57.7 Å². The van der Waals surface area contributed by atoms with Crippen molar-refractivity contribution in [2.45, 2.75) is 130 Å². The summed E-state index contributed by atoms with van der Waals surface area (Å²) in [5.74, 6) is 4.11. The van der Waals surface area contributed by atoms with Crippen molar-refractivity contribution in [3.63, 3.8) is 0 Å². The summed E-state index contributed by atoms with van der Waals surface area (Å²) >= 11 is 0. The highest BCUT2D eigenvalue weighted by Crippen LogP contribution is 2.69. The predicted molar refractivity (Wildman–Crippen MR) is 194 cm³/mol. The van der Waals surface area contributed by atoms with Crippen LogP contribution in [-0.4, -0.2) is 79.7 Å². The van der Waals surface area contributed by atoms with E-state index in [1.165, 1.54) is 56.9 Å². The Labute approximate surface area is 296 Å². The summed E-state index contributed by atoms with van der Waals surface area (Å²) in [4.78, 5) is 26.8. The van der Waals surface area contributed by atoms with E-state index in [9.17, 15) is 23.1 Å². The molecule has 1 heterocycles. The van der Waals surface area contributed by atoms with E-state index in [0.29, 0.717) is 48.3 Å². The van der Waals surface area contributed by atoms with Gasteiger partial charge in [0.1, 0.15) is 6.10 Å². The van der Waals surface area contributed by atoms with Crippen molar-refractivity contribution in [2.24, 2.45) is 57.7 Å². The first-order chi connectivity index (χ1) is 22.9. The molecule has 0 spiro atoms. The van der Waals surface area contributed by atoms with E-state index >= 15 is 0 Å². The highest BCUT2D eigenvalue weighted by Gasteiger charge is 2.64. The second-order valence-electron chi connectivity index (χ2n) is 19.2. The maximum atomic E-state index is 13.1. The van der Waals surface area contributed by atoms with Gasteiger partial charge in [-0.1, -0.05) is 46.8 Å². The second-order valence-corrected chi connectivity index (χ2v) is 21.5. The third-order valence-electron chi connectivity index (χ3n) is 15.4. The van der Waals surface area contributed by atoms with Gasteiger partial charge < -0.3 is 20.1 Å². The van der Waals surface area contributed by atoms with Crippen LogP contribution in [0.4, 0.5) is 0 Å². The zero-order valence-electron chi connectivity index (χ0n) is 31.4. The molecule has 5 aliphatic carbocycles. The molecule has 10 atom stereocenters. The number of hydrogen-bond donors (Lipinski definition) is 2. The van der Waals surface area contributed by atoms with E-state index in [1.54, 1.807) is 0 Å². The Morgan fingerprint density at radius 3 is 2.27 bits per heavy atom. The molecule has 278 valence electrons. The lowest BCUT2D eigenvalue weighted by Gasteiger charge is -2.65. The molecule has 10 unspecified atom stereocenters. The lowest BCUT2D eigenvalue weighted by Crippen LogP contribution is -2.63. The Morgan fingerprint density at radius 1 is 0.918 bits per heavy atom. The fraction of sp³-hybridized carbons (Fsp3) is 0.900. The Balaban J connectivity index is 1.13. The minimum Gasteiger partial charge on any atom is -0.481 e. The minimum atomic E-state index is -2.86. The molecule has 8 nitrogen and oxygen atoms in total. The third-order valence-corrected chi connectivity index (χ3v) is 17.0. The average Bonchev–Trinajstić information content (AvgIpc) is 3.39. The smallest absolute Gasteiger partial charge is 0.306 e. The first kappa shape index (κ1) is 37.3. The maximum Gasteiger partial charge on any atom is 0.306 e. The summed E-state index contributed by atoms with van der Waals surface area (Å²) < 4.78 is 30.2. The zero-order chi connectivity index (χ0) is 35.6. The minimum absolute atomic E-state index is 0.0416. The number of carboxylic acid groups (broad SMARTS) is 1. The molecule has 6 aliphatic rings. The number of carbonyl (C=O) groups is 2. The molecule has 6 fully saturated rings. The van der Waals surface area contributed by atoms with E-state index in [1.807, 2.05) is 13.8 Å². The van der Waals surface area contributed by atoms with Gasteiger partial charge in [-0.2, -0.15) is 0 Å². The van der Waals surface area contributed by atoms with Crippen LogP contribution in [0.1, 0.15) is 119 Å². The van der Waals surface area contributed by atoms with Crippen molar-refractivity contribution in [1.82, 2.24) is 10.2 Å². The topological polar surface area (TPSA) is 113 Å². The molecule has 6 rings (SSSR count). The van der Waals surface area contributed by atoms with Crippen molar-refractivity contribution >= 4 is 21.8 Å². The number of hydrogen-bond acceptors (Lipinski definition) is 7. The molecule has 0 aromatic heterocycles. The normalized spacial score (nSPS) is 41.4. The summed E-state index contributed by atoms with van der Waals surface area (Å²) in [5, 5.41) is 13.5. The van der Waals surface area contributed by atoms with Crippen LogP contribution in [0.3, 0.4) is 0 Å². The van der Waals surface area contributed by atoms with E-state index in [4.69, 9.17) is 4.74 Å². The van der Waals surface area contributed by atoms with Gasteiger partial charge in [0.25, 0.3) is 0 Å². The van der Waals surface area contributed by atoms with Crippen molar-refractivity contribution < 1.29 is 27.9 Å². The lowest BCUT2D eigenvalue weighted by molar-refractivity contribution is -0.198. The van der Waals surface area contributed by atoms with E-state index in [0.717, 1.165) is 43.7 Å². The molecule has 1 saturated heterocycles. The molecular weight excluding hydrogens is 637 g/mol. The lowest BCUT2D eigenvalue weighted by atomic mass is 9.40.